The van der Waals surface area contributed by atoms with E-state index in [-0.39, 0.29) is 57.9 Å². The Hall–Kier alpha value is -8.21. The molecule has 122 heavy (non-hydrogen) atoms. The lowest BCUT2D eigenvalue weighted by atomic mass is 9.95. The van der Waals surface area contributed by atoms with Gasteiger partial charge in [0.25, 0.3) is 16.7 Å². The molecule has 7 saturated heterocycles. The van der Waals surface area contributed by atoms with E-state index in [2.05, 4.69) is 39.9 Å². The van der Waals surface area contributed by atoms with Crippen LogP contribution in [-0.2, 0) is 111 Å². The number of urea groups is 1. The van der Waals surface area contributed by atoms with Crippen molar-refractivity contribution < 1.29 is 155 Å². The maximum atomic E-state index is 14.7. The van der Waals surface area contributed by atoms with Crippen molar-refractivity contribution in [1.82, 2.24) is 77.9 Å². The molecule has 15 rings (SSSR count). The molecule has 8 aliphatic rings. The quantitative estimate of drug-likeness (QED) is 0.0217. The summed E-state index contributed by atoms with van der Waals surface area (Å²) in [6.07, 6.45) is -31.0. The Morgan fingerprint density at radius 1 is 0.533 bits per heavy atom. The number of phosphoric acid groups is 5. The number of nitrogens with zero attached hydrogens (tertiary/aromatic N) is 12. The Balaban J connectivity index is 0.675. The lowest BCUT2D eigenvalue weighted by Crippen LogP contribution is -2.65. The number of hydrogen-bond donors (Lipinski definition) is 14. The molecule has 666 valence electrons. The Bertz CT molecular complexity index is 5810. The zero-order valence-electron chi connectivity index (χ0n) is 63.3. The maximum absolute atomic E-state index is 14.7. The van der Waals surface area contributed by atoms with Gasteiger partial charge in [0.05, 0.1) is 64.0 Å². The number of imide groups is 1. The fourth-order valence-corrected chi connectivity index (χ4v) is 19.9. The van der Waals surface area contributed by atoms with Crippen molar-refractivity contribution in [2.24, 2.45) is 0 Å². The lowest BCUT2D eigenvalue weighted by Gasteiger charge is -2.41. The zero-order chi connectivity index (χ0) is 87.3. The molecule has 7 aromatic rings. The highest BCUT2D eigenvalue weighted by molar-refractivity contribution is 7.48. The summed E-state index contributed by atoms with van der Waals surface area (Å²) in [7, 11) is -26.3. The van der Waals surface area contributed by atoms with Crippen molar-refractivity contribution >= 4 is 85.0 Å². The number of nitrogens with one attached hydrogen (secondary N) is 4. The summed E-state index contributed by atoms with van der Waals surface area (Å²) in [6, 6.07) is -1.51. The smallest absolute Gasteiger partial charge is 0.394 e. The minimum absolute atomic E-state index is 0.0459. The van der Waals surface area contributed by atoms with Crippen molar-refractivity contribution in [3.8, 4) is 0 Å². The Kier molecular flexibility index (Phi) is 25.2. The number of aliphatic hydroxyl groups excluding tert-OH is 3. The molecule has 0 aliphatic carbocycles. The molecule has 62 heteroatoms. The van der Waals surface area contributed by atoms with E-state index in [1.54, 1.807) is 0 Å². The van der Waals surface area contributed by atoms with E-state index in [1.165, 1.54) is 41.8 Å². The number of aryl methyl sites for hydroxylation is 2. The summed E-state index contributed by atoms with van der Waals surface area (Å²) in [5, 5.41) is 35.4. The normalized spacial score (nSPS) is 33.8. The SMILES string of the molecule is CO[C@@H]1[C@H](OP(=O)(O)OC[C@H]2O[C@@H](n3cnc4c(N)ncnc43)C[C@@H]2OP(=O)(O)OC[C@H]2O[C@@H](n3cc(C)c(=O)[nH]c3=O)C[C@@H]2O)[C@H]2COP(=O)(O)O[C@H]3[C@@H](OC)[C@@H](O[C@@H]3COP(=O)(O)O[C@H]3C[C@H](n4cnc5c(N)ncnc54)O[C@@H]3COP(=O)(O)O[C@H]3C[C@H](n4cc(C)c(=O)[nH]c4=O)O[C@@H]3CO)n3cc(c(=O)[nH]c3=O)C3C(=O)NC(=O)N(C3O)[C@@H]1O2. The standard InChI is InChI=1S/C60H77N18O39P5/c1-22-9-73(57(86)69-50(22)81)35-5-25(80)30(108-35)13-102-118(90,91)114-28-8-38(77-21-68-41-47(62)64-19-66-49(41)77)110-32(28)15-104-121(96,97)117-43-34-17-106-122(98,99)116-42-33(111-55(44(42)100-3)75-11-24(52(83)71-59(75)88)39-53(84)72-60(89)78(54(39)85)56(112-34)45(43)101-4)16-105-120(94,95)115-27-7-37(76-20-67-40-46(61)63-18-65-48(40)76)109-31(27)14-103-119(92,93)113-26-6-36(107-29(26)12-79)74-10-23(2)51(82)70-58(74)87/h9-11,18-21,25-39,42-45,54-56,79-80,85H,5-8,12-17H2,1-4H3,(H,90,91)(H,92,93)(H,94,95)(H,96,97)(H,98,99)(H2,61,63,65)(H2,62,64,66)(H,69,81,86)(H,70,82,87)(H,71,83,88)(H,72,84,89)/t25-,26-,27-,28-,29+,30+,31+,32+,33+,34+,35+,36+,37+,38+,39?,42+,43+,44+,45+,54?,55+,56+/m0/s1. The van der Waals surface area contributed by atoms with E-state index >= 15 is 0 Å². The minimum atomic E-state index is -5.89. The van der Waals surface area contributed by atoms with Crippen LogP contribution < -0.4 is 50.5 Å². The fourth-order valence-electron chi connectivity index (χ4n) is 15.1. The van der Waals surface area contributed by atoms with Crippen LogP contribution >= 0.6 is 39.1 Å². The summed E-state index contributed by atoms with van der Waals surface area (Å²) in [4.78, 5) is 195. The summed E-state index contributed by atoms with van der Waals surface area (Å²) in [5.74, 6) is -3.84. The number of nitrogen functional groups attached to an aromatic ring is 2. The van der Waals surface area contributed by atoms with E-state index in [9.17, 15) is 101 Å². The topological polar surface area (TPSA) is 767 Å². The van der Waals surface area contributed by atoms with E-state index in [0.29, 0.717) is 15.7 Å². The summed E-state index contributed by atoms with van der Waals surface area (Å²) in [6.45, 7) is -3.75. The van der Waals surface area contributed by atoms with Crippen LogP contribution in [0.1, 0.15) is 79.4 Å². The number of imidazole rings is 2. The molecule has 7 aromatic heterocycles. The molecule has 3 amide bonds. The Morgan fingerprint density at radius 3 is 1.50 bits per heavy atom. The van der Waals surface area contributed by atoms with Crippen LogP contribution in [0.2, 0.25) is 0 Å². The van der Waals surface area contributed by atoms with Crippen molar-refractivity contribution in [3.05, 3.63) is 123 Å². The third kappa shape index (κ3) is 18.2. The van der Waals surface area contributed by atoms with Gasteiger partial charge in [-0.05, 0) is 13.8 Å². The molecule has 15 heterocycles. The second kappa shape index (κ2) is 34.6. The molecule has 7 fully saturated rings. The molecule has 0 radical (unpaired) electrons. The summed E-state index contributed by atoms with van der Waals surface area (Å²) >= 11 is 0. The van der Waals surface area contributed by atoms with Gasteiger partial charge in [0.15, 0.2) is 35.4 Å². The fraction of sp³-hybridized carbons (Fsp3) is 0.600. The third-order valence-electron chi connectivity index (χ3n) is 20.9. The maximum Gasteiger partial charge on any atom is 0.472 e. The summed E-state index contributed by atoms with van der Waals surface area (Å²) < 4.78 is 179. The van der Waals surface area contributed by atoms with Gasteiger partial charge < -0.3 is 89.1 Å². The van der Waals surface area contributed by atoms with Gasteiger partial charge in [0.1, 0.15) is 140 Å². The number of phosphoric ester groups is 5. The molecule has 8 aliphatic heterocycles. The van der Waals surface area contributed by atoms with Gasteiger partial charge in [-0.1, -0.05) is 0 Å². The number of ether oxygens (including phenoxy) is 8. The van der Waals surface area contributed by atoms with Gasteiger partial charge in [0, 0.05) is 69.6 Å². The number of H-pyrrole nitrogens is 3. The average Bonchev–Trinajstić information content (AvgIpc) is 1.48. The second-order valence-electron chi connectivity index (χ2n) is 28.6. The number of hydrogen-bond acceptors (Lipinski definition) is 42. The van der Waals surface area contributed by atoms with E-state index < -0.39 is 278 Å². The van der Waals surface area contributed by atoms with Gasteiger partial charge in [0.2, 0.25) is 5.91 Å². The average molecular weight is 1830 g/mol. The highest BCUT2D eigenvalue weighted by Crippen LogP contribution is 2.57. The van der Waals surface area contributed by atoms with Gasteiger partial charge >= 0.3 is 62.2 Å². The first kappa shape index (κ1) is 88.6. The van der Waals surface area contributed by atoms with Crippen LogP contribution in [0.15, 0.2) is 72.7 Å². The monoisotopic (exact) mass is 1830 g/mol. The predicted molar refractivity (Wildman–Crippen MR) is 392 cm³/mol. The molecule has 0 spiro atoms. The van der Waals surface area contributed by atoms with Crippen LogP contribution in [0.4, 0.5) is 16.4 Å². The van der Waals surface area contributed by atoms with Crippen LogP contribution in [-0.4, -0.2) is 276 Å². The Morgan fingerprint density at radius 2 is 0.984 bits per heavy atom. The molecular weight excluding hydrogens is 1750 g/mol. The summed E-state index contributed by atoms with van der Waals surface area (Å²) in [5.41, 5.74) is 5.66. The number of carbonyl (C=O) groups excluding carboxylic acids is 2. The predicted octanol–water partition coefficient (Wildman–Crippen LogP) is -4.27. The van der Waals surface area contributed by atoms with E-state index in [0.717, 1.165) is 42.2 Å². The number of fused-ring (bicyclic) bond motifs is 13. The van der Waals surface area contributed by atoms with Gasteiger partial charge in [-0.25, -0.2) is 71.9 Å². The molecule has 27 atom stereocenters. The molecule has 0 saturated carbocycles. The highest BCUT2D eigenvalue weighted by Gasteiger charge is 2.60. The number of carbonyl (C=O) groups is 2. The first-order chi connectivity index (χ1) is 57.7. The van der Waals surface area contributed by atoms with Crippen molar-refractivity contribution in [2.45, 2.75) is 174 Å². The molecule has 57 nitrogen and oxygen atoms in total. The van der Waals surface area contributed by atoms with E-state index in [4.69, 9.17) is 94.6 Å². The second-order valence-corrected chi connectivity index (χ2v) is 35.6. The van der Waals surface area contributed by atoms with Crippen LogP contribution in [0.5, 0.6) is 0 Å². The van der Waals surface area contributed by atoms with E-state index in [1.807, 2.05) is 10.3 Å². The molecular formula is C60H77N18O39P5. The molecule has 7 unspecified atom stereocenters. The van der Waals surface area contributed by atoms with Gasteiger partial charge in [-0.15, -0.1) is 0 Å². The van der Waals surface area contributed by atoms with Crippen LogP contribution in [0, 0.1) is 13.8 Å². The number of aromatic amines is 3. The molecule has 8 bridgehead atoms. The largest absolute Gasteiger partial charge is 0.472 e. The van der Waals surface area contributed by atoms with Crippen molar-refractivity contribution in [3.63, 3.8) is 0 Å². The third-order valence-corrected chi connectivity index (χ3v) is 25.9. The number of nitrogens with two attached hydrogens (primary N) is 2. The van der Waals surface area contributed by atoms with Gasteiger partial charge in [-0.2, -0.15) is 0 Å². The number of anilines is 2. The Labute approximate surface area is 678 Å². The zero-order valence-corrected chi connectivity index (χ0v) is 67.8. The van der Waals surface area contributed by atoms with Crippen molar-refractivity contribution in [1.29, 1.82) is 0 Å². The number of aromatic nitrogens is 14. The van der Waals surface area contributed by atoms with Crippen molar-refractivity contribution in [2.75, 3.05) is 65.3 Å². The van der Waals surface area contributed by atoms with Crippen LogP contribution in [0.25, 0.3) is 22.3 Å². The first-order valence-electron chi connectivity index (χ1n) is 36.4. The lowest BCUT2D eigenvalue weighted by molar-refractivity contribution is -0.158. The number of aliphatic hydroxyl groups is 3. The number of methoxy groups -OCH3 is 2. The molecule has 16 N–H and O–H groups in total. The minimum Gasteiger partial charge on any atom is -0.394 e. The number of amides is 3. The van der Waals surface area contributed by atoms with Crippen LogP contribution in [0.3, 0.4) is 0 Å². The molecule has 0 aromatic carbocycles. The highest BCUT2D eigenvalue weighted by atomic mass is 31.2. The number of rotatable bonds is 27. The van der Waals surface area contributed by atoms with Gasteiger partial charge in [-0.3, -0.25) is 112 Å². The first-order valence-corrected chi connectivity index (χ1v) is 43.9.